The second kappa shape index (κ2) is 32.0. The maximum atomic E-state index is 5.40. The Bertz CT molecular complexity index is 7150. The van der Waals surface area contributed by atoms with Gasteiger partial charge in [-0.05, 0) is 132 Å². The normalized spacial score (nSPS) is 11.2. The zero-order valence-electron chi connectivity index (χ0n) is 64.4. The van der Waals surface area contributed by atoms with Gasteiger partial charge >= 0.3 is 0 Å². The van der Waals surface area contributed by atoms with E-state index in [2.05, 4.69) is 425 Å². The lowest BCUT2D eigenvalue weighted by Gasteiger charge is -2.15. The number of hydrogen-bond acceptors (Lipinski definition) is 6. The van der Waals surface area contributed by atoms with Crippen LogP contribution in [0.4, 0.5) is 0 Å². The standard InChI is InChI=1S/C59H39N3.C53H35N3/c1-5-17-40(18-6-1)44-25-13-28-48(35-44)54-39-55(62-59(61-54)50-30-15-26-45(37-50)41-19-7-2-8-20-41)49-29-14-27-46(36-49)47-33-34-52-56(38-47)60-58(43-23-11-4-12-24-43)53-32-16-31-51(57(52)53)42-21-9-3-10-22-42;1-5-16-36(17-6-1)40-24-14-27-44(33-40)53-55-48(38-20-9-3-10-21-38)35-49(56-53)43-26-13-25-41(32-43)42-30-31-46-50(34-42)54-52(39-22-11-4-12-23-39)47-29-15-28-45(51(46)47)37-18-7-2-8-19-37/h1-39H;1-35H. The summed E-state index contributed by atoms with van der Waals surface area (Å²) in [5.41, 5.74) is 31.5. The number of aromatic nitrogens is 6. The van der Waals surface area contributed by atoms with Gasteiger partial charge in [0.2, 0.25) is 0 Å². The molecule has 0 aliphatic rings. The molecule has 118 heavy (non-hydrogen) atoms. The van der Waals surface area contributed by atoms with Crippen LogP contribution >= 0.6 is 0 Å². The van der Waals surface area contributed by atoms with Crippen LogP contribution in [0.1, 0.15) is 0 Å². The van der Waals surface area contributed by atoms with Gasteiger partial charge in [0.25, 0.3) is 0 Å². The molecule has 0 saturated carbocycles. The van der Waals surface area contributed by atoms with Gasteiger partial charge < -0.3 is 0 Å². The quantitative estimate of drug-likeness (QED) is 0.0952. The van der Waals surface area contributed by atoms with E-state index in [4.69, 9.17) is 29.9 Å². The van der Waals surface area contributed by atoms with Crippen LogP contribution in [-0.2, 0) is 0 Å². The molecule has 0 amide bonds. The maximum absolute atomic E-state index is 5.40. The van der Waals surface area contributed by atoms with E-state index < -0.39 is 0 Å². The van der Waals surface area contributed by atoms with E-state index in [1.165, 1.54) is 33.0 Å². The molecular weight excluding hydrogens is 1430 g/mol. The lowest BCUT2D eigenvalue weighted by molar-refractivity contribution is 1.18. The Kier molecular flexibility index (Phi) is 19.3. The smallest absolute Gasteiger partial charge is 0.160 e. The molecule has 4 heterocycles. The summed E-state index contributed by atoms with van der Waals surface area (Å²) in [5.74, 6) is 1.37. The van der Waals surface area contributed by atoms with Gasteiger partial charge in [-0.3, -0.25) is 0 Å². The molecule has 0 radical (unpaired) electrons. The topological polar surface area (TPSA) is 77.3 Å². The summed E-state index contributed by atoms with van der Waals surface area (Å²) in [6, 6.07) is 158. The molecule has 21 aromatic rings. The fourth-order valence-electron chi connectivity index (χ4n) is 16.3. The highest BCUT2D eigenvalue weighted by Gasteiger charge is 2.21. The number of benzene rings is 17. The first-order valence-corrected chi connectivity index (χ1v) is 39.9. The monoisotopic (exact) mass is 1500 g/mol. The average Bonchev–Trinajstić information content (AvgIpc) is 0.744. The van der Waals surface area contributed by atoms with Gasteiger partial charge in [0, 0.05) is 76.8 Å². The van der Waals surface area contributed by atoms with Gasteiger partial charge in [0.1, 0.15) is 0 Å². The minimum atomic E-state index is 0.676. The highest BCUT2D eigenvalue weighted by Crippen LogP contribution is 2.44. The summed E-state index contributed by atoms with van der Waals surface area (Å²) >= 11 is 0. The van der Waals surface area contributed by atoms with Crippen LogP contribution in [0.15, 0.2) is 449 Å². The van der Waals surface area contributed by atoms with E-state index >= 15 is 0 Å². The van der Waals surface area contributed by atoms with E-state index in [1.54, 1.807) is 0 Å². The fraction of sp³-hybridized carbons (Fsp3) is 0. The molecule has 17 aromatic carbocycles. The molecule has 0 unspecified atom stereocenters. The first-order chi connectivity index (χ1) is 58.5. The van der Waals surface area contributed by atoms with Crippen LogP contribution in [0.25, 0.3) is 212 Å². The second-order valence-electron chi connectivity index (χ2n) is 29.6. The molecule has 6 nitrogen and oxygen atoms in total. The van der Waals surface area contributed by atoms with Crippen molar-refractivity contribution >= 4 is 43.4 Å². The van der Waals surface area contributed by atoms with Crippen molar-refractivity contribution in [2.24, 2.45) is 0 Å². The summed E-state index contributed by atoms with van der Waals surface area (Å²) in [4.78, 5) is 31.7. The summed E-state index contributed by atoms with van der Waals surface area (Å²) < 4.78 is 0. The molecule has 0 atom stereocenters. The molecule has 0 bridgehead atoms. The lowest BCUT2D eigenvalue weighted by atomic mass is 9.92. The average molecular weight is 1500 g/mol. The summed E-state index contributed by atoms with van der Waals surface area (Å²) in [6.45, 7) is 0. The fourth-order valence-corrected chi connectivity index (χ4v) is 16.3. The van der Waals surface area contributed by atoms with Gasteiger partial charge in [-0.25, -0.2) is 29.9 Å². The molecule has 0 fully saturated rings. The molecule has 0 saturated heterocycles. The molecule has 0 N–H and O–H groups in total. The van der Waals surface area contributed by atoms with Crippen molar-refractivity contribution in [1.29, 1.82) is 0 Å². The van der Waals surface area contributed by atoms with Gasteiger partial charge in [0.15, 0.2) is 11.6 Å². The summed E-state index contributed by atoms with van der Waals surface area (Å²) in [6.07, 6.45) is 0. The molecule has 0 spiro atoms. The number of fused-ring (bicyclic) bond motifs is 6. The van der Waals surface area contributed by atoms with Crippen molar-refractivity contribution in [2.45, 2.75) is 0 Å². The Balaban J connectivity index is 0.000000152. The number of hydrogen-bond donors (Lipinski definition) is 0. The minimum Gasteiger partial charge on any atom is -0.247 e. The Morgan fingerprint density at radius 2 is 0.364 bits per heavy atom. The third kappa shape index (κ3) is 14.6. The maximum Gasteiger partial charge on any atom is 0.160 e. The first kappa shape index (κ1) is 71.3. The van der Waals surface area contributed by atoms with E-state index in [0.717, 1.165) is 167 Å². The summed E-state index contributed by atoms with van der Waals surface area (Å²) in [7, 11) is 0. The molecule has 552 valence electrons. The Hall–Kier alpha value is -15.8. The van der Waals surface area contributed by atoms with Gasteiger partial charge in [-0.15, -0.1) is 0 Å². The number of pyridine rings is 2. The molecular formula is C112H74N6. The zero-order valence-corrected chi connectivity index (χ0v) is 64.4. The Morgan fingerprint density at radius 3 is 0.695 bits per heavy atom. The predicted octanol–water partition coefficient (Wildman–Crippen LogP) is 29.4. The van der Waals surface area contributed by atoms with Crippen LogP contribution in [0, 0.1) is 0 Å². The molecule has 4 aromatic heterocycles. The summed E-state index contributed by atoms with van der Waals surface area (Å²) in [5, 5.41) is 6.95. The molecule has 21 rings (SSSR count). The largest absolute Gasteiger partial charge is 0.247 e. The van der Waals surface area contributed by atoms with Gasteiger partial charge in [-0.1, -0.05) is 394 Å². The van der Waals surface area contributed by atoms with Crippen LogP contribution in [0.2, 0.25) is 0 Å². The third-order valence-electron chi connectivity index (χ3n) is 22.1. The minimum absolute atomic E-state index is 0.676. The van der Waals surface area contributed by atoms with Crippen molar-refractivity contribution in [3.8, 4) is 168 Å². The van der Waals surface area contributed by atoms with Crippen LogP contribution < -0.4 is 0 Å². The Morgan fingerprint density at radius 1 is 0.127 bits per heavy atom. The first-order valence-electron chi connectivity index (χ1n) is 39.9. The molecule has 0 aliphatic carbocycles. The van der Waals surface area contributed by atoms with E-state index in [9.17, 15) is 0 Å². The van der Waals surface area contributed by atoms with Gasteiger partial charge in [0.05, 0.1) is 45.2 Å². The van der Waals surface area contributed by atoms with Crippen molar-refractivity contribution in [3.63, 3.8) is 0 Å². The van der Waals surface area contributed by atoms with Crippen molar-refractivity contribution in [1.82, 2.24) is 29.9 Å². The number of nitrogens with zero attached hydrogens (tertiary/aromatic N) is 6. The van der Waals surface area contributed by atoms with Crippen LogP contribution in [-0.4, -0.2) is 29.9 Å². The number of rotatable bonds is 15. The third-order valence-corrected chi connectivity index (χ3v) is 22.1. The van der Waals surface area contributed by atoms with Crippen molar-refractivity contribution < 1.29 is 0 Å². The Labute approximate surface area is 685 Å². The molecule has 0 aliphatic heterocycles. The van der Waals surface area contributed by atoms with Crippen molar-refractivity contribution in [2.75, 3.05) is 0 Å². The predicted molar refractivity (Wildman–Crippen MR) is 491 cm³/mol. The second-order valence-corrected chi connectivity index (χ2v) is 29.6. The lowest BCUT2D eigenvalue weighted by Crippen LogP contribution is -1.97. The van der Waals surface area contributed by atoms with E-state index in [1.807, 2.05) is 24.3 Å². The highest BCUT2D eigenvalue weighted by molar-refractivity contribution is 6.19. The van der Waals surface area contributed by atoms with Gasteiger partial charge in [-0.2, -0.15) is 0 Å². The van der Waals surface area contributed by atoms with E-state index in [-0.39, 0.29) is 0 Å². The van der Waals surface area contributed by atoms with E-state index in [0.29, 0.717) is 11.6 Å². The SMILES string of the molecule is c1ccc(-c2cccc(-c3cc(-c4cccc(-c5ccc6c(c5)nc(-c5ccccc5)c5cccc(-c7ccccc7)c56)c4)nc(-c4cccc(-c5ccccc5)c4)n3)c2)cc1.c1ccc(-c2cccc(-c3nc(-c4ccccc4)cc(-c4cccc(-c5ccc6c(c5)nc(-c5ccccc5)c5cccc(-c7ccccc7)c56)c4)n3)c2)cc1. The highest BCUT2D eigenvalue weighted by atomic mass is 14.9. The zero-order chi connectivity index (χ0) is 78.5. The van der Waals surface area contributed by atoms with Crippen LogP contribution in [0.5, 0.6) is 0 Å². The molecule has 6 heteroatoms. The van der Waals surface area contributed by atoms with Crippen molar-refractivity contribution in [3.05, 3.63) is 449 Å². The van der Waals surface area contributed by atoms with Crippen LogP contribution in [0.3, 0.4) is 0 Å².